The second-order valence-electron chi connectivity index (χ2n) is 5.88. The Balaban J connectivity index is 2.51. The van der Waals surface area contributed by atoms with Crippen LogP contribution in [0.15, 0.2) is 0 Å². The lowest BCUT2D eigenvalue weighted by Crippen LogP contribution is -2.43. The van der Waals surface area contributed by atoms with Gasteiger partial charge in [-0.3, -0.25) is 0 Å². The van der Waals surface area contributed by atoms with E-state index >= 15 is 0 Å². The molecular weight excluding hydrogens is 220 g/mol. The van der Waals surface area contributed by atoms with Gasteiger partial charge in [-0.05, 0) is 20.8 Å². The van der Waals surface area contributed by atoms with Crippen molar-refractivity contribution >= 4 is 6.09 Å². The molecule has 1 aliphatic heterocycles. The summed E-state index contributed by atoms with van der Waals surface area (Å²) in [7, 11) is 0. The molecular formula is C12H24N2O3. The third-order valence-corrected chi connectivity index (χ3v) is 2.49. The van der Waals surface area contributed by atoms with E-state index in [0.29, 0.717) is 13.1 Å². The number of aliphatic hydroxyl groups is 1. The van der Waals surface area contributed by atoms with Crippen molar-refractivity contribution in [1.29, 1.82) is 0 Å². The van der Waals surface area contributed by atoms with Gasteiger partial charge in [0.1, 0.15) is 5.60 Å². The number of amides is 1. The first kappa shape index (κ1) is 14.3. The molecule has 0 radical (unpaired) electrons. The summed E-state index contributed by atoms with van der Waals surface area (Å²) in [4.78, 5) is 13.4. The number of nitrogens with one attached hydrogen (secondary N) is 1. The molecule has 0 saturated carbocycles. The molecule has 0 aromatic rings. The van der Waals surface area contributed by atoms with Crippen LogP contribution >= 0.6 is 0 Å². The summed E-state index contributed by atoms with van der Waals surface area (Å²) in [6.07, 6.45) is -0.880. The Labute approximate surface area is 103 Å². The molecule has 100 valence electrons. The average molecular weight is 244 g/mol. The second kappa shape index (κ2) is 5.23. The fourth-order valence-corrected chi connectivity index (χ4v) is 1.85. The molecule has 1 amide bonds. The van der Waals surface area contributed by atoms with E-state index < -0.39 is 11.7 Å². The summed E-state index contributed by atoms with van der Waals surface area (Å²) in [5.74, 6) is 0. The van der Waals surface area contributed by atoms with Crippen molar-refractivity contribution in [3.05, 3.63) is 0 Å². The molecule has 1 saturated heterocycles. The molecule has 1 rings (SSSR count). The Morgan fingerprint density at radius 3 is 2.47 bits per heavy atom. The molecule has 0 unspecified atom stereocenters. The predicted molar refractivity (Wildman–Crippen MR) is 65.9 cm³/mol. The Morgan fingerprint density at radius 2 is 2.00 bits per heavy atom. The molecule has 0 aromatic heterocycles. The van der Waals surface area contributed by atoms with E-state index in [1.54, 1.807) is 4.90 Å². The molecule has 5 heteroatoms. The highest BCUT2D eigenvalue weighted by molar-refractivity contribution is 5.68. The Hall–Kier alpha value is -0.810. The number of aliphatic hydroxyl groups excluding tert-OH is 1. The van der Waals surface area contributed by atoms with Crippen molar-refractivity contribution in [3.8, 4) is 0 Å². The van der Waals surface area contributed by atoms with Crippen molar-refractivity contribution in [3.63, 3.8) is 0 Å². The molecule has 2 N–H and O–H groups in total. The number of hydrogen-bond donors (Lipinski definition) is 2. The van der Waals surface area contributed by atoms with Gasteiger partial charge in [-0.2, -0.15) is 0 Å². The first-order chi connectivity index (χ1) is 7.69. The number of carbonyl (C=O) groups is 1. The van der Waals surface area contributed by atoms with Gasteiger partial charge < -0.3 is 20.1 Å². The van der Waals surface area contributed by atoms with Crippen LogP contribution in [0.1, 0.15) is 34.6 Å². The molecule has 0 aromatic carbocycles. The Bertz CT molecular complexity index is 273. The highest BCUT2D eigenvalue weighted by atomic mass is 16.6. The maximum absolute atomic E-state index is 11.8. The number of β-amino-alcohol motifs (C(OH)–C–C–N with tert-alkyl or cyclic N) is 1. The maximum atomic E-state index is 11.8. The van der Waals surface area contributed by atoms with Crippen molar-refractivity contribution in [1.82, 2.24) is 10.2 Å². The van der Waals surface area contributed by atoms with E-state index in [9.17, 15) is 9.90 Å². The van der Waals surface area contributed by atoms with Crippen LogP contribution in [0.5, 0.6) is 0 Å². The summed E-state index contributed by atoms with van der Waals surface area (Å²) < 4.78 is 5.27. The zero-order chi connectivity index (χ0) is 13.2. The largest absolute Gasteiger partial charge is 0.444 e. The lowest BCUT2D eigenvalue weighted by Gasteiger charge is -2.24. The normalized spacial score (nSPS) is 25.5. The topological polar surface area (TPSA) is 61.8 Å². The molecule has 2 atom stereocenters. The highest BCUT2D eigenvalue weighted by Gasteiger charge is 2.36. The van der Waals surface area contributed by atoms with E-state index in [0.717, 1.165) is 0 Å². The van der Waals surface area contributed by atoms with E-state index in [-0.39, 0.29) is 18.2 Å². The number of carbonyl (C=O) groups excluding carboxylic acids is 1. The minimum atomic E-state index is -0.523. The van der Waals surface area contributed by atoms with Crippen LogP contribution in [0.25, 0.3) is 0 Å². The van der Waals surface area contributed by atoms with E-state index in [1.807, 2.05) is 34.6 Å². The van der Waals surface area contributed by atoms with Crippen LogP contribution in [0.3, 0.4) is 0 Å². The fraction of sp³-hybridized carbons (Fsp3) is 0.917. The lowest BCUT2D eigenvalue weighted by atomic mass is 10.2. The van der Waals surface area contributed by atoms with E-state index in [2.05, 4.69) is 5.32 Å². The van der Waals surface area contributed by atoms with Gasteiger partial charge in [0, 0.05) is 12.6 Å². The molecule has 17 heavy (non-hydrogen) atoms. The molecule has 5 nitrogen and oxygen atoms in total. The van der Waals surface area contributed by atoms with Crippen LogP contribution < -0.4 is 5.32 Å². The van der Waals surface area contributed by atoms with Crippen molar-refractivity contribution < 1.29 is 14.6 Å². The van der Waals surface area contributed by atoms with Gasteiger partial charge in [-0.25, -0.2) is 4.79 Å². The summed E-state index contributed by atoms with van der Waals surface area (Å²) in [6, 6.07) is 0.218. The molecule has 0 aliphatic carbocycles. The quantitative estimate of drug-likeness (QED) is 0.759. The fourth-order valence-electron chi connectivity index (χ4n) is 1.85. The van der Waals surface area contributed by atoms with Gasteiger partial charge in [0.05, 0.1) is 18.7 Å². The van der Waals surface area contributed by atoms with Gasteiger partial charge in [0.15, 0.2) is 0 Å². The van der Waals surface area contributed by atoms with Gasteiger partial charge in [0.2, 0.25) is 0 Å². The smallest absolute Gasteiger partial charge is 0.410 e. The lowest BCUT2D eigenvalue weighted by molar-refractivity contribution is 0.0270. The number of rotatable bonds is 2. The molecule has 0 spiro atoms. The summed E-state index contributed by atoms with van der Waals surface area (Å²) in [5.41, 5.74) is -0.494. The van der Waals surface area contributed by atoms with Gasteiger partial charge >= 0.3 is 6.09 Å². The number of hydrogen-bond acceptors (Lipinski definition) is 4. The summed E-state index contributed by atoms with van der Waals surface area (Å²) >= 11 is 0. The number of ether oxygens (including phenoxy) is 1. The minimum absolute atomic E-state index is 0.0671. The first-order valence-corrected chi connectivity index (χ1v) is 6.11. The standard InChI is InChI=1S/C12H24N2O3/c1-8(2)13-9-6-14(7-10(9)15)11(16)17-12(3,4)5/h8-10,13,15H,6-7H2,1-5H3/t9-,10+/m0/s1. The van der Waals surface area contributed by atoms with E-state index in [1.165, 1.54) is 0 Å². The zero-order valence-corrected chi connectivity index (χ0v) is 11.4. The van der Waals surface area contributed by atoms with Crippen LogP contribution in [-0.2, 0) is 4.74 Å². The molecule has 1 fully saturated rings. The molecule has 1 heterocycles. The monoisotopic (exact) mass is 244 g/mol. The van der Waals surface area contributed by atoms with Gasteiger partial charge in [0.25, 0.3) is 0 Å². The van der Waals surface area contributed by atoms with Crippen LogP contribution in [-0.4, -0.2) is 53.0 Å². The van der Waals surface area contributed by atoms with Crippen molar-refractivity contribution in [2.45, 2.75) is 58.4 Å². The first-order valence-electron chi connectivity index (χ1n) is 6.11. The van der Waals surface area contributed by atoms with Crippen molar-refractivity contribution in [2.24, 2.45) is 0 Å². The van der Waals surface area contributed by atoms with Gasteiger partial charge in [-0.15, -0.1) is 0 Å². The van der Waals surface area contributed by atoms with E-state index in [4.69, 9.17) is 4.74 Å². The van der Waals surface area contributed by atoms with Gasteiger partial charge in [-0.1, -0.05) is 13.8 Å². The van der Waals surface area contributed by atoms with Crippen LogP contribution in [0.4, 0.5) is 4.79 Å². The van der Waals surface area contributed by atoms with Crippen LogP contribution in [0.2, 0.25) is 0 Å². The SMILES string of the molecule is CC(C)N[C@H]1CN(C(=O)OC(C)(C)C)C[C@H]1O. The number of likely N-dealkylation sites (tertiary alicyclic amines) is 1. The summed E-state index contributed by atoms with van der Waals surface area (Å²) in [6.45, 7) is 10.4. The Morgan fingerprint density at radius 1 is 1.41 bits per heavy atom. The second-order valence-corrected chi connectivity index (χ2v) is 5.88. The third kappa shape index (κ3) is 4.52. The maximum Gasteiger partial charge on any atom is 0.410 e. The predicted octanol–water partition coefficient (Wildman–Crippen LogP) is 0.965. The minimum Gasteiger partial charge on any atom is -0.444 e. The Kier molecular flexibility index (Phi) is 4.38. The van der Waals surface area contributed by atoms with Crippen LogP contribution in [0, 0.1) is 0 Å². The highest BCUT2D eigenvalue weighted by Crippen LogP contribution is 2.16. The molecule has 0 bridgehead atoms. The average Bonchev–Trinajstić information content (AvgIpc) is 2.44. The zero-order valence-electron chi connectivity index (χ0n) is 11.4. The van der Waals surface area contributed by atoms with Crippen molar-refractivity contribution in [2.75, 3.05) is 13.1 Å². The third-order valence-electron chi connectivity index (χ3n) is 2.49. The number of nitrogens with zero attached hydrogens (tertiary/aromatic N) is 1. The molecule has 1 aliphatic rings. The summed E-state index contributed by atoms with van der Waals surface area (Å²) in [5, 5.41) is 13.1.